The summed E-state index contributed by atoms with van der Waals surface area (Å²) in [5, 5.41) is 5.32. The van der Waals surface area contributed by atoms with Crippen LogP contribution in [0.25, 0.3) is 0 Å². The fourth-order valence-corrected chi connectivity index (χ4v) is 3.68. The Labute approximate surface area is 134 Å². The van der Waals surface area contributed by atoms with Gasteiger partial charge in [0.1, 0.15) is 0 Å². The predicted molar refractivity (Wildman–Crippen MR) is 83.6 cm³/mol. The van der Waals surface area contributed by atoms with Crippen molar-refractivity contribution < 1.29 is 13.2 Å². The third-order valence-corrected chi connectivity index (χ3v) is 5.12. The van der Waals surface area contributed by atoms with Crippen molar-refractivity contribution in [1.82, 2.24) is 5.32 Å². The number of alkyl halides is 3. The molecular formula is C15H15BrF3NS. The molecule has 0 aliphatic rings. The van der Waals surface area contributed by atoms with E-state index in [0.29, 0.717) is 0 Å². The highest BCUT2D eigenvalue weighted by molar-refractivity contribution is 9.10. The van der Waals surface area contributed by atoms with E-state index in [1.165, 1.54) is 4.88 Å². The van der Waals surface area contributed by atoms with Crippen LogP contribution in [0.5, 0.6) is 0 Å². The molecule has 1 heterocycles. The largest absolute Gasteiger partial charge is 0.416 e. The van der Waals surface area contributed by atoms with E-state index in [9.17, 15) is 13.2 Å². The second-order valence-corrected chi connectivity index (χ2v) is 6.48. The number of rotatable bonds is 5. The molecule has 1 aromatic carbocycles. The molecule has 1 atom stereocenters. The van der Waals surface area contributed by atoms with E-state index in [1.54, 1.807) is 23.5 Å². The summed E-state index contributed by atoms with van der Waals surface area (Å²) in [5.74, 6) is 0. The summed E-state index contributed by atoms with van der Waals surface area (Å²) < 4.78 is 38.9. The molecule has 6 heteroatoms. The van der Waals surface area contributed by atoms with Crippen molar-refractivity contribution in [3.05, 3.63) is 56.2 Å². The maximum atomic E-state index is 12.6. The van der Waals surface area contributed by atoms with Gasteiger partial charge in [0.15, 0.2) is 0 Å². The van der Waals surface area contributed by atoms with E-state index >= 15 is 0 Å². The maximum Gasteiger partial charge on any atom is 0.416 e. The number of likely N-dealkylation sites (N-methyl/N-ethyl adjacent to an activating group) is 1. The van der Waals surface area contributed by atoms with Crippen LogP contribution >= 0.6 is 27.3 Å². The molecule has 114 valence electrons. The van der Waals surface area contributed by atoms with Crippen LogP contribution in [0.2, 0.25) is 0 Å². The Morgan fingerprint density at radius 2 is 1.86 bits per heavy atom. The van der Waals surface area contributed by atoms with Crippen LogP contribution in [0.3, 0.4) is 0 Å². The molecule has 0 spiro atoms. The molecule has 0 saturated carbocycles. The zero-order chi connectivity index (χ0) is 15.5. The fraction of sp³-hybridized carbons (Fsp3) is 0.333. The van der Waals surface area contributed by atoms with E-state index < -0.39 is 11.7 Å². The van der Waals surface area contributed by atoms with Crippen molar-refractivity contribution in [2.45, 2.75) is 25.6 Å². The van der Waals surface area contributed by atoms with Crippen LogP contribution < -0.4 is 5.32 Å². The second kappa shape index (κ2) is 6.94. The molecule has 1 N–H and O–H groups in total. The molecule has 0 aliphatic carbocycles. The third kappa shape index (κ3) is 4.31. The number of hydrogen-bond acceptors (Lipinski definition) is 2. The molecule has 0 amide bonds. The van der Waals surface area contributed by atoms with Gasteiger partial charge in [-0.25, -0.2) is 0 Å². The Hall–Kier alpha value is -0.850. The molecule has 1 nitrogen and oxygen atoms in total. The van der Waals surface area contributed by atoms with Gasteiger partial charge in [0.05, 0.1) is 5.56 Å². The maximum absolute atomic E-state index is 12.6. The van der Waals surface area contributed by atoms with E-state index in [0.717, 1.165) is 35.1 Å². The van der Waals surface area contributed by atoms with E-state index in [2.05, 4.69) is 21.2 Å². The van der Waals surface area contributed by atoms with Gasteiger partial charge in [0.2, 0.25) is 0 Å². The summed E-state index contributed by atoms with van der Waals surface area (Å²) in [6, 6.07) is 7.38. The molecule has 0 aliphatic heterocycles. The number of nitrogens with one attached hydrogen (secondary N) is 1. The first-order valence-corrected chi connectivity index (χ1v) is 8.21. The molecule has 0 radical (unpaired) electrons. The molecule has 2 aromatic rings. The van der Waals surface area contributed by atoms with Crippen molar-refractivity contribution in [3.63, 3.8) is 0 Å². The Kier molecular flexibility index (Phi) is 5.46. The SMILES string of the molecule is CCNC(Cc1sccc1Br)c1ccc(C(F)(F)F)cc1. The molecule has 1 aromatic heterocycles. The Morgan fingerprint density at radius 1 is 1.19 bits per heavy atom. The first-order chi connectivity index (χ1) is 9.91. The lowest BCUT2D eigenvalue weighted by Crippen LogP contribution is -2.23. The molecular weight excluding hydrogens is 363 g/mol. The van der Waals surface area contributed by atoms with E-state index in [1.807, 2.05) is 18.4 Å². The van der Waals surface area contributed by atoms with Crippen LogP contribution in [-0.4, -0.2) is 6.54 Å². The fourth-order valence-electron chi connectivity index (χ4n) is 2.11. The standard InChI is InChI=1S/C15H15BrF3NS/c1-2-20-13(9-14-12(16)7-8-21-14)10-3-5-11(6-4-10)15(17,18)19/h3-8,13,20H,2,9H2,1H3. The minimum atomic E-state index is -4.29. The average molecular weight is 378 g/mol. The summed E-state index contributed by atoms with van der Waals surface area (Å²) in [7, 11) is 0. The summed E-state index contributed by atoms with van der Waals surface area (Å²) in [4.78, 5) is 1.18. The van der Waals surface area contributed by atoms with Gasteiger partial charge in [-0.2, -0.15) is 13.2 Å². The van der Waals surface area contributed by atoms with Crippen molar-refractivity contribution in [2.24, 2.45) is 0 Å². The van der Waals surface area contributed by atoms with Crippen molar-refractivity contribution in [2.75, 3.05) is 6.54 Å². The van der Waals surface area contributed by atoms with E-state index in [-0.39, 0.29) is 6.04 Å². The zero-order valence-electron chi connectivity index (χ0n) is 11.4. The van der Waals surface area contributed by atoms with Gasteiger partial charge in [-0.05, 0) is 51.6 Å². The zero-order valence-corrected chi connectivity index (χ0v) is 13.8. The first-order valence-electron chi connectivity index (χ1n) is 6.54. The predicted octanol–water partition coefficient (Wildman–Crippen LogP) is 5.42. The lowest BCUT2D eigenvalue weighted by Gasteiger charge is -2.19. The number of benzene rings is 1. The third-order valence-electron chi connectivity index (χ3n) is 3.17. The monoisotopic (exact) mass is 377 g/mol. The lowest BCUT2D eigenvalue weighted by atomic mass is 10.0. The van der Waals surface area contributed by atoms with Gasteiger partial charge < -0.3 is 5.32 Å². The normalized spacial score (nSPS) is 13.4. The summed E-state index contributed by atoms with van der Waals surface area (Å²) >= 11 is 5.13. The van der Waals surface area contributed by atoms with Crippen molar-refractivity contribution in [1.29, 1.82) is 0 Å². The van der Waals surface area contributed by atoms with Gasteiger partial charge in [-0.3, -0.25) is 0 Å². The highest BCUT2D eigenvalue weighted by Crippen LogP contribution is 2.32. The number of thiophene rings is 1. The Balaban J connectivity index is 2.20. The van der Waals surface area contributed by atoms with Gasteiger partial charge in [-0.1, -0.05) is 19.1 Å². The van der Waals surface area contributed by atoms with Gasteiger partial charge in [0, 0.05) is 21.8 Å². The molecule has 0 bridgehead atoms. The number of halogens is 4. The van der Waals surface area contributed by atoms with Crippen LogP contribution in [0.4, 0.5) is 13.2 Å². The summed E-state index contributed by atoms with van der Waals surface area (Å²) in [5.41, 5.74) is 0.254. The van der Waals surface area contributed by atoms with Crippen LogP contribution in [0, 0.1) is 0 Å². The average Bonchev–Trinajstić information content (AvgIpc) is 2.83. The quantitative estimate of drug-likeness (QED) is 0.732. The highest BCUT2D eigenvalue weighted by atomic mass is 79.9. The first kappa shape index (κ1) is 16.5. The van der Waals surface area contributed by atoms with Gasteiger partial charge in [-0.15, -0.1) is 11.3 Å². The van der Waals surface area contributed by atoms with Crippen LogP contribution in [-0.2, 0) is 12.6 Å². The van der Waals surface area contributed by atoms with E-state index in [4.69, 9.17) is 0 Å². The number of hydrogen-bond donors (Lipinski definition) is 1. The van der Waals surface area contributed by atoms with Crippen LogP contribution in [0.15, 0.2) is 40.2 Å². The van der Waals surface area contributed by atoms with Crippen molar-refractivity contribution >= 4 is 27.3 Å². The minimum Gasteiger partial charge on any atom is -0.310 e. The second-order valence-electron chi connectivity index (χ2n) is 4.63. The molecule has 1 unspecified atom stereocenters. The molecule has 21 heavy (non-hydrogen) atoms. The van der Waals surface area contributed by atoms with Gasteiger partial charge in [0.25, 0.3) is 0 Å². The Bertz CT molecular complexity index is 577. The topological polar surface area (TPSA) is 12.0 Å². The lowest BCUT2D eigenvalue weighted by molar-refractivity contribution is -0.137. The van der Waals surface area contributed by atoms with Crippen molar-refractivity contribution in [3.8, 4) is 0 Å². The Morgan fingerprint density at radius 3 is 2.33 bits per heavy atom. The highest BCUT2D eigenvalue weighted by Gasteiger charge is 2.30. The summed E-state index contributed by atoms with van der Waals surface area (Å²) in [6.07, 6.45) is -3.54. The minimum absolute atomic E-state index is 0.00670. The molecule has 2 rings (SSSR count). The smallest absolute Gasteiger partial charge is 0.310 e. The summed E-state index contributed by atoms with van der Waals surface area (Å²) in [6.45, 7) is 2.75. The van der Waals surface area contributed by atoms with Crippen LogP contribution in [0.1, 0.15) is 29.0 Å². The van der Waals surface area contributed by atoms with Gasteiger partial charge >= 0.3 is 6.18 Å². The molecule has 0 fully saturated rings. The molecule has 0 saturated heterocycles.